The van der Waals surface area contributed by atoms with Crippen molar-refractivity contribution in [2.45, 2.75) is 0 Å². The summed E-state index contributed by atoms with van der Waals surface area (Å²) >= 11 is 0. The minimum atomic E-state index is -0.261. The molecule has 0 amide bonds. The average Bonchev–Trinajstić information content (AvgIpc) is 2.69. The predicted octanol–water partition coefficient (Wildman–Crippen LogP) is 2.56. The number of aromatic nitrogens is 3. The van der Waals surface area contributed by atoms with Gasteiger partial charge in [-0.15, -0.1) is 0 Å². The normalized spacial score (nSPS) is 10.8. The molecule has 0 fully saturated rings. The fourth-order valence-electron chi connectivity index (χ4n) is 1.72. The molecule has 2 aromatic heterocycles. The Hall–Kier alpha value is -2.23. The smallest absolute Gasteiger partial charge is 0.234 e. The van der Waals surface area contributed by atoms with E-state index in [9.17, 15) is 4.39 Å². The summed E-state index contributed by atoms with van der Waals surface area (Å²) in [5, 5.41) is 0.579. The molecule has 4 heteroatoms. The minimum Gasteiger partial charge on any atom is -0.282 e. The van der Waals surface area contributed by atoms with Gasteiger partial charge in [0.2, 0.25) is 5.95 Å². The van der Waals surface area contributed by atoms with Gasteiger partial charge in [0.25, 0.3) is 0 Å². The lowest BCUT2D eigenvalue weighted by Gasteiger charge is -2.00. The SMILES string of the molecule is Fc1cn(-c2ncccn2)c2ccccc12. The van der Waals surface area contributed by atoms with Crippen LogP contribution >= 0.6 is 0 Å². The number of halogens is 1. The monoisotopic (exact) mass is 213 g/mol. The van der Waals surface area contributed by atoms with Crippen LogP contribution in [0.25, 0.3) is 16.9 Å². The maximum absolute atomic E-state index is 13.6. The molecule has 3 aromatic rings. The van der Waals surface area contributed by atoms with Gasteiger partial charge in [0.15, 0.2) is 0 Å². The summed E-state index contributed by atoms with van der Waals surface area (Å²) in [7, 11) is 0. The van der Waals surface area contributed by atoms with Gasteiger partial charge in [-0.25, -0.2) is 14.4 Å². The Morgan fingerprint density at radius 3 is 2.56 bits per heavy atom. The summed E-state index contributed by atoms with van der Waals surface area (Å²) in [6, 6.07) is 8.98. The zero-order valence-corrected chi connectivity index (χ0v) is 8.34. The van der Waals surface area contributed by atoms with E-state index in [-0.39, 0.29) is 5.82 Å². The van der Waals surface area contributed by atoms with Gasteiger partial charge in [-0.05, 0) is 18.2 Å². The molecule has 2 heterocycles. The summed E-state index contributed by atoms with van der Waals surface area (Å²) in [6.45, 7) is 0. The number of nitrogens with zero attached hydrogens (tertiary/aromatic N) is 3. The molecule has 0 saturated heterocycles. The molecule has 3 nitrogen and oxygen atoms in total. The number of rotatable bonds is 1. The number of para-hydroxylation sites is 1. The second-order valence-corrected chi connectivity index (χ2v) is 3.41. The van der Waals surface area contributed by atoms with Crippen molar-refractivity contribution in [2.75, 3.05) is 0 Å². The largest absolute Gasteiger partial charge is 0.282 e. The first-order chi connectivity index (χ1) is 7.86. The Balaban J connectivity index is 2.33. The molecular formula is C12H8FN3. The van der Waals surface area contributed by atoms with E-state index in [2.05, 4.69) is 9.97 Å². The first kappa shape index (κ1) is 9.03. The summed E-state index contributed by atoms with van der Waals surface area (Å²) in [5.41, 5.74) is 0.770. The summed E-state index contributed by atoms with van der Waals surface area (Å²) in [5.74, 6) is 0.214. The Kier molecular flexibility index (Phi) is 1.93. The van der Waals surface area contributed by atoms with Crippen LogP contribution in [0.5, 0.6) is 0 Å². The van der Waals surface area contributed by atoms with Crippen LogP contribution in [0.1, 0.15) is 0 Å². The maximum Gasteiger partial charge on any atom is 0.234 e. The van der Waals surface area contributed by atoms with Crippen molar-refractivity contribution in [1.29, 1.82) is 0 Å². The van der Waals surface area contributed by atoms with E-state index in [1.807, 2.05) is 18.2 Å². The highest BCUT2D eigenvalue weighted by Crippen LogP contribution is 2.21. The molecule has 0 aliphatic heterocycles. The van der Waals surface area contributed by atoms with Gasteiger partial charge in [-0.3, -0.25) is 4.57 Å². The van der Waals surface area contributed by atoms with E-state index in [0.29, 0.717) is 11.3 Å². The maximum atomic E-state index is 13.6. The number of benzene rings is 1. The molecule has 16 heavy (non-hydrogen) atoms. The van der Waals surface area contributed by atoms with Gasteiger partial charge in [0.1, 0.15) is 5.82 Å². The van der Waals surface area contributed by atoms with E-state index in [0.717, 1.165) is 5.52 Å². The Bertz CT molecular complexity index is 631. The fraction of sp³-hybridized carbons (Fsp3) is 0. The minimum absolute atomic E-state index is 0.261. The van der Waals surface area contributed by atoms with Crippen molar-refractivity contribution in [3.8, 4) is 5.95 Å². The molecule has 0 unspecified atom stereocenters. The van der Waals surface area contributed by atoms with Crippen LogP contribution < -0.4 is 0 Å². The Labute approximate surface area is 91.2 Å². The van der Waals surface area contributed by atoms with Crippen LogP contribution in [-0.4, -0.2) is 14.5 Å². The lowest BCUT2D eigenvalue weighted by atomic mass is 10.2. The summed E-state index contributed by atoms with van der Waals surface area (Å²) < 4.78 is 15.3. The van der Waals surface area contributed by atoms with Crippen molar-refractivity contribution >= 4 is 10.9 Å². The van der Waals surface area contributed by atoms with E-state index in [4.69, 9.17) is 0 Å². The van der Waals surface area contributed by atoms with Gasteiger partial charge >= 0.3 is 0 Å². The highest BCUT2D eigenvalue weighted by molar-refractivity contribution is 5.82. The molecule has 0 atom stereocenters. The second kappa shape index (κ2) is 3.41. The average molecular weight is 213 g/mol. The molecule has 0 aliphatic carbocycles. The van der Waals surface area contributed by atoms with Crippen molar-refractivity contribution < 1.29 is 4.39 Å². The third-order valence-electron chi connectivity index (χ3n) is 2.43. The number of hydrogen-bond donors (Lipinski definition) is 0. The zero-order chi connectivity index (χ0) is 11.0. The Morgan fingerprint density at radius 1 is 1.00 bits per heavy atom. The van der Waals surface area contributed by atoms with E-state index >= 15 is 0 Å². The second-order valence-electron chi connectivity index (χ2n) is 3.41. The van der Waals surface area contributed by atoms with Crippen molar-refractivity contribution in [3.05, 3.63) is 54.7 Å². The highest BCUT2D eigenvalue weighted by atomic mass is 19.1. The van der Waals surface area contributed by atoms with Crippen LogP contribution in [0.4, 0.5) is 4.39 Å². The summed E-state index contributed by atoms with van der Waals surface area (Å²) in [6.07, 6.45) is 4.67. The van der Waals surface area contributed by atoms with E-state index < -0.39 is 0 Å². The molecule has 0 aliphatic rings. The zero-order valence-electron chi connectivity index (χ0n) is 8.34. The third kappa shape index (κ3) is 1.27. The molecule has 78 valence electrons. The third-order valence-corrected chi connectivity index (χ3v) is 2.43. The van der Waals surface area contributed by atoms with E-state index in [1.165, 1.54) is 6.20 Å². The Morgan fingerprint density at radius 2 is 1.75 bits per heavy atom. The van der Waals surface area contributed by atoms with Gasteiger partial charge in [-0.2, -0.15) is 0 Å². The van der Waals surface area contributed by atoms with Gasteiger partial charge in [0, 0.05) is 24.0 Å². The van der Waals surface area contributed by atoms with Crippen LogP contribution in [0.2, 0.25) is 0 Å². The lowest BCUT2D eigenvalue weighted by Crippen LogP contribution is -1.97. The quantitative estimate of drug-likeness (QED) is 0.622. The molecule has 0 N–H and O–H groups in total. The van der Waals surface area contributed by atoms with Crippen LogP contribution in [0.3, 0.4) is 0 Å². The van der Waals surface area contributed by atoms with Crippen molar-refractivity contribution in [3.63, 3.8) is 0 Å². The van der Waals surface area contributed by atoms with Crippen molar-refractivity contribution in [1.82, 2.24) is 14.5 Å². The van der Waals surface area contributed by atoms with Crippen LogP contribution in [0.15, 0.2) is 48.9 Å². The molecule has 1 aromatic carbocycles. The lowest BCUT2D eigenvalue weighted by molar-refractivity contribution is 0.635. The summed E-state index contributed by atoms with van der Waals surface area (Å²) in [4.78, 5) is 8.20. The predicted molar refractivity (Wildman–Crippen MR) is 58.8 cm³/mol. The number of hydrogen-bond acceptors (Lipinski definition) is 2. The van der Waals surface area contributed by atoms with Gasteiger partial charge < -0.3 is 0 Å². The van der Waals surface area contributed by atoms with Gasteiger partial charge in [-0.1, -0.05) is 12.1 Å². The molecule has 0 saturated carbocycles. The topological polar surface area (TPSA) is 30.7 Å². The standard InChI is InChI=1S/C12H8FN3/c13-10-8-16(12-14-6-3-7-15-12)11-5-2-1-4-9(10)11/h1-8H. The van der Waals surface area contributed by atoms with E-state index in [1.54, 1.807) is 29.1 Å². The van der Waals surface area contributed by atoms with Crippen molar-refractivity contribution in [2.24, 2.45) is 0 Å². The number of fused-ring (bicyclic) bond motifs is 1. The molecular weight excluding hydrogens is 205 g/mol. The van der Waals surface area contributed by atoms with Gasteiger partial charge in [0.05, 0.1) is 5.52 Å². The van der Waals surface area contributed by atoms with Crippen LogP contribution in [0, 0.1) is 5.82 Å². The first-order valence-corrected chi connectivity index (χ1v) is 4.89. The van der Waals surface area contributed by atoms with Crippen LogP contribution in [-0.2, 0) is 0 Å². The first-order valence-electron chi connectivity index (χ1n) is 4.89. The molecule has 0 spiro atoms. The molecule has 0 bridgehead atoms. The molecule has 3 rings (SSSR count). The fourth-order valence-corrected chi connectivity index (χ4v) is 1.72. The molecule has 0 radical (unpaired) electrons. The highest BCUT2D eigenvalue weighted by Gasteiger charge is 2.09.